The Bertz CT molecular complexity index is 999. The van der Waals surface area contributed by atoms with Gasteiger partial charge < -0.3 is 5.32 Å². The fraction of sp³-hybridized carbons (Fsp3) is 0.150. The van der Waals surface area contributed by atoms with Gasteiger partial charge in [0.2, 0.25) is 5.91 Å². The third-order valence-electron chi connectivity index (χ3n) is 4.17. The molecule has 1 aromatic heterocycles. The molecule has 1 atom stereocenters. The van der Waals surface area contributed by atoms with Gasteiger partial charge in [-0.25, -0.2) is 4.68 Å². The van der Waals surface area contributed by atoms with Gasteiger partial charge >= 0.3 is 0 Å². The molecule has 3 rings (SSSR count). The van der Waals surface area contributed by atoms with Crippen LogP contribution in [-0.4, -0.2) is 15.7 Å². The van der Waals surface area contributed by atoms with Crippen molar-refractivity contribution in [3.8, 4) is 11.3 Å². The third kappa shape index (κ3) is 3.68. The molecule has 0 aliphatic rings. The first-order chi connectivity index (χ1) is 12.5. The molecule has 0 fully saturated rings. The van der Waals surface area contributed by atoms with Crippen LogP contribution in [0.3, 0.4) is 0 Å². The zero-order valence-electron chi connectivity index (χ0n) is 14.4. The highest BCUT2D eigenvalue weighted by atomic mass is 35.5. The summed E-state index contributed by atoms with van der Waals surface area (Å²) in [6.45, 7) is 3.46. The Morgan fingerprint density at radius 3 is 2.54 bits per heavy atom. The predicted molar refractivity (Wildman–Crippen MR) is 103 cm³/mol. The number of carbonyl (C=O) groups excluding carboxylic acids is 1. The van der Waals surface area contributed by atoms with Gasteiger partial charge in [0.25, 0.3) is 5.56 Å². The van der Waals surface area contributed by atoms with E-state index in [1.807, 2.05) is 37.3 Å². The van der Waals surface area contributed by atoms with E-state index in [1.54, 1.807) is 31.2 Å². The summed E-state index contributed by atoms with van der Waals surface area (Å²) < 4.78 is 1.19. The lowest BCUT2D eigenvalue weighted by Crippen LogP contribution is -2.33. The lowest BCUT2D eigenvalue weighted by molar-refractivity contribution is -0.119. The van der Waals surface area contributed by atoms with Gasteiger partial charge in [0.05, 0.1) is 5.69 Å². The summed E-state index contributed by atoms with van der Waals surface area (Å²) in [5, 5.41) is 7.74. The molecule has 0 saturated carbocycles. The molecule has 1 heterocycles. The predicted octanol–water partition coefficient (Wildman–Crippen LogP) is 4.07. The molecule has 0 spiro atoms. The van der Waals surface area contributed by atoms with E-state index in [1.165, 1.54) is 10.7 Å². The van der Waals surface area contributed by atoms with E-state index in [0.717, 1.165) is 11.1 Å². The zero-order chi connectivity index (χ0) is 18.7. The molecule has 26 heavy (non-hydrogen) atoms. The van der Waals surface area contributed by atoms with Crippen LogP contribution in [0.15, 0.2) is 65.5 Å². The number of carbonyl (C=O) groups is 1. The minimum absolute atomic E-state index is 0.338. The first kappa shape index (κ1) is 17.9. The summed E-state index contributed by atoms with van der Waals surface area (Å²) in [5.41, 5.74) is 2.55. The van der Waals surface area contributed by atoms with Crippen LogP contribution >= 0.6 is 11.6 Å². The van der Waals surface area contributed by atoms with Crippen molar-refractivity contribution in [2.24, 2.45) is 0 Å². The summed E-state index contributed by atoms with van der Waals surface area (Å²) in [5.74, 6) is -0.338. The Morgan fingerprint density at radius 2 is 1.81 bits per heavy atom. The maximum atomic E-state index is 12.6. The average Bonchev–Trinajstić information content (AvgIpc) is 2.66. The lowest BCUT2D eigenvalue weighted by atomic mass is 10.1. The number of halogens is 1. The topological polar surface area (TPSA) is 64.0 Å². The van der Waals surface area contributed by atoms with E-state index >= 15 is 0 Å². The maximum Gasteiger partial charge on any atom is 0.267 e. The van der Waals surface area contributed by atoms with Crippen LogP contribution in [0.1, 0.15) is 18.5 Å². The first-order valence-electron chi connectivity index (χ1n) is 8.18. The standard InChI is InChI=1S/C20H18ClN3O2/c1-13-16(21)9-6-10-17(13)22-20(26)14(2)24-19(25)12-11-18(23-24)15-7-4-3-5-8-15/h3-12,14H,1-2H3,(H,22,26)/t14-/m1/s1. The van der Waals surface area contributed by atoms with E-state index in [2.05, 4.69) is 10.4 Å². The minimum Gasteiger partial charge on any atom is -0.324 e. The number of benzene rings is 2. The minimum atomic E-state index is -0.774. The van der Waals surface area contributed by atoms with Crippen LogP contribution in [0.2, 0.25) is 5.02 Å². The van der Waals surface area contributed by atoms with Gasteiger partial charge in [-0.1, -0.05) is 48.0 Å². The SMILES string of the molecule is Cc1c(Cl)cccc1NC(=O)[C@@H](C)n1nc(-c2ccccc2)ccc1=O. The van der Waals surface area contributed by atoms with Crippen molar-refractivity contribution in [1.29, 1.82) is 0 Å². The van der Waals surface area contributed by atoms with E-state index in [9.17, 15) is 9.59 Å². The summed E-state index contributed by atoms with van der Waals surface area (Å²) in [4.78, 5) is 24.8. The van der Waals surface area contributed by atoms with Crippen molar-refractivity contribution in [2.75, 3.05) is 5.32 Å². The first-order valence-corrected chi connectivity index (χ1v) is 8.56. The highest BCUT2D eigenvalue weighted by molar-refractivity contribution is 6.31. The normalized spacial score (nSPS) is 11.8. The summed E-state index contributed by atoms with van der Waals surface area (Å²) in [6.07, 6.45) is 0. The van der Waals surface area contributed by atoms with Gasteiger partial charge in [-0.2, -0.15) is 5.10 Å². The smallest absolute Gasteiger partial charge is 0.267 e. The number of hydrogen-bond donors (Lipinski definition) is 1. The lowest BCUT2D eigenvalue weighted by Gasteiger charge is -2.16. The highest BCUT2D eigenvalue weighted by Crippen LogP contribution is 2.23. The Morgan fingerprint density at radius 1 is 1.08 bits per heavy atom. The highest BCUT2D eigenvalue weighted by Gasteiger charge is 2.19. The molecule has 0 unspecified atom stereocenters. The number of nitrogens with one attached hydrogen (secondary N) is 1. The summed E-state index contributed by atoms with van der Waals surface area (Å²) in [6, 6.07) is 17.1. The van der Waals surface area contributed by atoms with Crippen LogP contribution in [0, 0.1) is 6.92 Å². The van der Waals surface area contributed by atoms with E-state index in [-0.39, 0.29) is 11.5 Å². The van der Waals surface area contributed by atoms with Gasteiger partial charge in [0.15, 0.2) is 0 Å². The molecule has 0 aliphatic heterocycles. The number of hydrogen-bond acceptors (Lipinski definition) is 3. The molecule has 1 N–H and O–H groups in total. The molecule has 132 valence electrons. The number of aromatic nitrogens is 2. The molecule has 5 nitrogen and oxygen atoms in total. The van der Waals surface area contributed by atoms with Crippen LogP contribution in [0.25, 0.3) is 11.3 Å². The fourth-order valence-electron chi connectivity index (χ4n) is 2.56. The van der Waals surface area contributed by atoms with E-state index < -0.39 is 6.04 Å². The molecule has 6 heteroatoms. The molecule has 3 aromatic rings. The Hall–Kier alpha value is -2.92. The molecular formula is C20H18ClN3O2. The second kappa shape index (κ2) is 7.54. The Labute approximate surface area is 156 Å². The number of rotatable bonds is 4. The van der Waals surface area contributed by atoms with Crippen LogP contribution < -0.4 is 10.9 Å². The molecule has 0 aliphatic carbocycles. The monoisotopic (exact) mass is 367 g/mol. The largest absolute Gasteiger partial charge is 0.324 e. The van der Waals surface area contributed by atoms with Crippen molar-refractivity contribution < 1.29 is 4.79 Å². The Kier molecular flexibility index (Phi) is 5.19. The van der Waals surface area contributed by atoms with Gasteiger partial charge in [-0.15, -0.1) is 0 Å². The summed E-state index contributed by atoms with van der Waals surface area (Å²) in [7, 11) is 0. The average molecular weight is 368 g/mol. The molecule has 0 saturated heterocycles. The molecule has 0 radical (unpaired) electrons. The molecule has 1 amide bonds. The molecule has 2 aromatic carbocycles. The molecular weight excluding hydrogens is 350 g/mol. The summed E-state index contributed by atoms with van der Waals surface area (Å²) >= 11 is 6.09. The van der Waals surface area contributed by atoms with Crippen LogP contribution in [-0.2, 0) is 4.79 Å². The van der Waals surface area contributed by atoms with Crippen molar-refractivity contribution in [2.45, 2.75) is 19.9 Å². The maximum absolute atomic E-state index is 12.6. The number of nitrogens with zero attached hydrogens (tertiary/aromatic N) is 2. The number of amides is 1. The number of anilines is 1. The van der Waals surface area contributed by atoms with Gasteiger partial charge in [-0.05, 0) is 37.6 Å². The van der Waals surface area contributed by atoms with Crippen LogP contribution in [0.5, 0.6) is 0 Å². The van der Waals surface area contributed by atoms with Crippen LogP contribution in [0.4, 0.5) is 5.69 Å². The van der Waals surface area contributed by atoms with Gasteiger partial charge in [0.1, 0.15) is 6.04 Å². The van der Waals surface area contributed by atoms with Crippen molar-refractivity contribution in [1.82, 2.24) is 9.78 Å². The third-order valence-corrected chi connectivity index (χ3v) is 4.58. The quantitative estimate of drug-likeness (QED) is 0.755. The van der Waals surface area contributed by atoms with Gasteiger partial charge in [0, 0.05) is 22.3 Å². The second-order valence-electron chi connectivity index (χ2n) is 5.95. The fourth-order valence-corrected chi connectivity index (χ4v) is 2.73. The van der Waals surface area contributed by atoms with Crippen molar-refractivity contribution in [3.63, 3.8) is 0 Å². The second-order valence-corrected chi connectivity index (χ2v) is 6.35. The van der Waals surface area contributed by atoms with Gasteiger partial charge in [-0.3, -0.25) is 9.59 Å². The zero-order valence-corrected chi connectivity index (χ0v) is 15.2. The van der Waals surface area contributed by atoms with Crippen molar-refractivity contribution >= 4 is 23.2 Å². The Balaban J connectivity index is 1.89. The van der Waals surface area contributed by atoms with Crippen molar-refractivity contribution in [3.05, 3.63) is 81.6 Å². The molecule has 0 bridgehead atoms. The van der Waals surface area contributed by atoms with E-state index in [4.69, 9.17) is 11.6 Å². The van der Waals surface area contributed by atoms with E-state index in [0.29, 0.717) is 16.4 Å².